The summed E-state index contributed by atoms with van der Waals surface area (Å²) in [4.78, 5) is 15.8. The van der Waals surface area contributed by atoms with Crippen LogP contribution in [0.4, 0.5) is 0 Å². The van der Waals surface area contributed by atoms with Gasteiger partial charge in [-0.2, -0.15) is 0 Å². The van der Waals surface area contributed by atoms with Crippen LogP contribution in [0.2, 0.25) is 0 Å². The molecule has 28 heavy (non-hydrogen) atoms. The third-order valence-electron chi connectivity index (χ3n) is 5.52. The zero-order valence-electron chi connectivity index (χ0n) is 16.4. The van der Waals surface area contributed by atoms with Crippen molar-refractivity contribution in [3.8, 4) is 0 Å². The van der Waals surface area contributed by atoms with Crippen molar-refractivity contribution in [1.29, 1.82) is 0 Å². The Morgan fingerprint density at radius 1 is 1.21 bits per heavy atom. The number of halogens is 1. The predicted octanol–water partition coefficient (Wildman–Crippen LogP) is 4.26. The summed E-state index contributed by atoms with van der Waals surface area (Å²) in [7, 11) is 0. The van der Waals surface area contributed by atoms with E-state index < -0.39 is 6.10 Å². The Bertz CT molecular complexity index is 690. The zero-order chi connectivity index (χ0) is 19.1. The molecule has 1 aliphatic rings. The number of rotatable bonds is 8. The minimum absolute atomic E-state index is 0. The van der Waals surface area contributed by atoms with Crippen LogP contribution in [0.5, 0.6) is 0 Å². The van der Waals surface area contributed by atoms with Crippen LogP contribution in [0.25, 0.3) is 0 Å². The fourth-order valence-electron chi connectivity index (χ4n) is 3.82. The highest BCUT2D eigenvalue weighted by atomic mass is 35.5. The van der Waals surface area contributed by atoms with Gasteiger partial charge >= 0.3 is 0 Å². The molecular weight excluding hydrogens is 392 g/mol. The second-order valence-electron chi connectivity index (χ2n) is 7.56. The van der Waals surface area contributed by atoms with Crippen LogP contribution < -0.4 is 5.32 Å². The summed E-state index contributed by atoms with van der Waals surface area (Å²) in [5, 5.41) is 16.0. The number of hydrogen-bond donors (Lipinski definition) is 2. The van der Waals surface area contributed by atoms with Crippen LogP contribution in [0.1, 0.15) is 42.7 Å². The highest BCUT2D eigenvalue weighted by molar-refractivity contribution is 7.10. The Kier molecular flexibility index (Phi) is 9.45. The molecule has 2 atom stereocenters. The number of benzene rings is 1. The second kappa shape index (κ2) is 11.6. The van der Waals surface area contributed by atoms with Gasteiger partial charge in [0.15, 0.2) is 0 Å². The molecule has 0 aliphatic carbocycles. The van der Waals surface area contributed by atoms with Crippen molar-refractivity contribution in [3.63, 3.8) is 0 Å². The molecule has 1 aromatic carbocycles. The van der Waals surface area contributed by atoms with Crippen LogP contribution in [0, 0.1) is 11.8 Å². The Labute approximate surface area is 178 Å². The largest absolute Gasteiger partial charge is 0.386 e. The molecule has 1 fully saturated rings. The van der Waals surface area contributed by atoms with E-state index in [1.165, 1.54) is 11.3 Å². The molecule has 1 aliphatic heterocycles. The Hall–Kier alpha value is -1.40. The van der Waals surface area contributed by atoms with E-state index in [1.54, 1.807) is 0 Å². The molecule has 1 saturated heterocycles. The molecular formula is C22H31ClN2O2S. The Morgan fingerprint density at radius 3 is 2.57 bits per heavy atom. The summed E-state index contributed by atoms with van der Waals surface area (Å²) in [6.45, 7) is 5.18. The lowest BCUT2D eigenvalue weighted by molar-refractivity contribution is -0.134. The van der Waals surface area contributed by atoms with E-state index in [0.717, 1.165) is 36.4 Å². The molecule has 6 heteroatoms. The monoisotopic (exact) mass is 422 g/mol. The van der Waals surface area contributed by atoms with E-state index in [2.05, 4.69) is 12.2 Å². The van der Waals surface area contributed by atoms with Gasteiger partial charge in [-0.1, -0.05) is 43.3 Å². The third-order valence-corrected chi connectivity index (χ3v) is 6.49. The molecule has 2 heterocycles. The molecule has 2 N–H and O–H groups in total. The van der Waals surface area contributed by atoms with Gasteiger partial charge in [-0.3, -0.25) is 4.79 Å². The van der Waals surface area contributed by atoms with Gasteiger partial charge in [-0.25, -0.2) is 0 Å². The summed E-state index contributed by atoms with van der Waals surface area (Å²) in [5.41, 5.74) is 1.10. The van der Waals surface area contributed by atoms with E-state index in [4.69, 9.17) is 0 Å². The van der Waals surface area contributed by atoms with Gasteiger partial charge in [0, 0.05) is 17.8 Å². The van der Waals surface area contributed by atoms with E-state index in [9.17, 15) is 9.90 Å². The highest BCUT2D eigenvalue weighted by Crippen LogP contribution is 2.26. The molecule has 1 amide bonds. The fraction of sp³-hybridized carbons (Fsp3) is 0.500. The number of carbonyl (C=O) groups is 1. The minimum atomic E-state index is -0.633. The van der Waals surface area contributed by atoms with Crippen LogP contribution >= 0.6 is 23.7 Å². The predicted molar refractivity (Wildman–Crippen MR) is 118 cm³/mol. The molecule has 2 unspecified atom stereocenters. The molecule has 154 valence electrons. The van der Waals surface area contributed by atoms with Gasteiger partial charge in [0.1, 0.15) is 6.10 Å². The quantitative estimate of drug-likeness (QED) is 0.668. The number of piperidine rings is 1. The number of carbonyl (C=O) groups excluding carboxylic acids is 1. The van der Waals surface area contributed by atoms with E-state index >= 15 is 0 Å². The summed E-state index contributed by atoms with van der Waals surface area (Å²) < 4.78 is 0. The number of hydrogen-bond acceptors (Lipinski definition) is 4. The van der Waals surface area contributed by atoms with E-state index in [1.807, 2.05) is 52.7 Å². The van der Waals surface area contributed by atoms with Crippen molar-refractivity contribution < 1.29 is 9.90 Å². The van der Waals surface area contributed by atoms with Crippen molar-refractivity contribution in [1.82, 2.24) is 10.2 Å². The molecule has 0 spiro atoms. The first-order valence-electron chi connectivity index (χ1n) is 9.87. The maximum atomic E-state index is 13.1. The Balaban J connectivity index is 0.00000280. The average Bonchev–Trinajstić information content (AvgIpc) is 3.24. The summed E-state index contributed by atoms with van der Waals surface area (Å²) >= 11 is 1.53. The third kappa shape index (κ3) is 6.59. The molecule has 1 aromatic heterocycles. The number of thiophene rings is 1. The highest BCUT2D eigenvalue weighted by Gasteiger charge is 2.26. The average molecular weight is 423 g/mol. The first-order chi connectivity index (χ1) is 13.1. The van der Waals surface area contributed by atoms with Crippen LogP contribution in [0.3, 0.4) is 0 Å². The van der Waals surface area contributed by atoms with Gasteiger partial charge in [0.05, 0.1) is 6.54 Å². The smallest absolute Gasteiger partial charge is 0.223 e. The van der Waals surface area contributed by atoms with Crippen LogP contribution in [0.15, 0.2) is 47.8 Å². The molecule has 0 saturated carbocycles. The maximum Gasteiger partial charge on any atom is 0.223 e. The van der Waals surface area contributed by atoms with Crippen LogP contribution in [-0.4, -0.2) is 35.5 Å². The lowest BCUT2D eigenvalue weighted by Crippen LogP contribution is -2.37. The SMILES string of the molecule is CC(CC(=O)N(Cc1ccccc1)CC(O)c1cccs1)C1CCNCC1.Cl. The molecule has 0 bridgehead atoms. The van der Waals surface area contributed by atoms with Gasteiger partial charge in [-0.05, 0) is 54.8 Å². The van der Waals surface area contributed by atoms with Gasteiger partial charge in [0.2, 0.25) is 5.91 Å². The minimum Gasteiger partial charge on any atom is -0.386 e. The first-order valence-corrected chi connectivity index (χ1v) is 10.8. The molecule has 3 rings (SSSR count). The first kappa shape index (κ1) is 22.9. The topological polar surface area (TPSA) is 52.6 Å². The lowest BCUT2D eigenvalue weighted by atomic mass is 9.84. The van der Waals surface area contributed by atoms with Gasteiger partial charge < -0.3 is 15.3 Å². The summed E-state index contributed by atoms with van der Waals surface area (Å²) in [5.74, 6) is 1.12. The van der Waals surface area contributed by atoms with Crippen LogP contribution in [-0.2, 0) is 11.3 Å². The number of amides is 1. The summed E-state index contributed by atoms with van der Waals surface area (Å²) in [6.07, 6.45) is 2.21. The van der Waals surface area contributed by atoms with Gasteiger partial charge in [0.25, 0.3) is 0 Å². The maximum absolute atomic E-state index is 13.1. The van der Waals surface area contributed by atoms with E-state index in [0.29, 0.717) is 31.3 Å². The molecule has 0 radical (unpaired) electrons. The number of aliphatic hydroxyl groups is 1. The molecule has 2 aromatic rings. The number of nitrogens with zero attached hydrogens (tertiary/aromatic N) is 1. The normalized spacial score (nSPS) is 16.8. The standard InChI is InChI=1S/C22H30N2O2S.ClH/c1-17(19-9-11-23-12-10-19)14-22(26)24(15-18-6-3-2-4-7-18)16-20(25)21-8-5-13-27-21;/h2-8,13,17,19-20,23,25H,9-12,14-16H2,1H3;1H. The van der Waals surface area contributed by atoms with E-state index in [-0.39, 0.29) is 18.3 Å². The Morgan fingerprint density at radius 2 is 1.93 bits per heavy atom. The van der Waals surface area contributed by atoms with Gasteiger partial charge in [-0.15, -0.1) is 23.7 Å². The van der Waals surface area contributed by atoms with Crippen molar-refractivity contribution in [2.24, 2.45) is 11.8 Å². The fourth-order valence-corrected chi connectivity index (χ4v) is 4.53. The van der Waals surface area contributed by atoms with Crippen molar-refractivity contribution in [2.45, 2.75) is 38.8 Å². The van der Waals surface area contributed by atoms with Crippen molar-refractivity contribution >= 4 is 29.7 Å². The summed E-state index contributed by atoms with van der Waals surface area (Å²) in [6, 6.07) is 13.9. The van der Waals surface area contributed by atoms with Crippen molar-refractivity contribution in [3.05, 3.63) is 58.3 Å². The molecule has 4 nitrogen and oxygen atoms in total. The number of nitrogens with one attached hydrogen (secondary N) is 1. The lowest BCUT2D eigenvalue weighted by Gasteiger charge is -2.31. The number of aliphatic hydroxyl groups excluding tert-OH is 1. The zero-order valence-corrected chi connectivity index (χ0v) is 18.1. The second-order valence-corrected chi connectivity index (χ2v) is 8.54. The van der Waals surface area contributed by atoms with Crippen molar-refractivity contribution in [2.75, 3.05) is 19.6 Å².